The molecule has 0 saturated heterocycles. The van der Waals surface area contributed by atoms with Crippen molar-refractivity contribution in [3.05, 3.63) is 48.1 Å². The number of rotatable bonds is 12. The summed E-state index contributed by atoms with van der Waals surface area (Å²) in [6, 6.07) is 0. The van der Waals surface area contributed by atoms with E-state index >= 15 is 0 Å². The lowest BCUT2D eigenvalue weighted by atomic mass is 9.80. The Morgan fingerprint density at radius 1 is 1.19 bits per heavy atom. The maximum absolute atomic E-state index is 12.3. The third-order valence-electron chi connectivity index (χ3n) is 4.78. The van der Waals surface area contributed by atoms with Crippen LogP contribution in [0.1, 0.15) is 47.0 Å². The molecule has 5 nitrogen and oxygen atoms in total. The fraction of sp³-hybridized carbons (Fsp3) is 0.583. The Morgan fingerprint density at radius 2 is 1.88 bits per heavy atom. The van der Waals surface area contributed by atoms with Crippen molar-refractivity contribution in [1.82, 2.24) is 0 Å². The van der Waals surface area contributed by atoms with Crippen LogP contribution in [0.5, 0.6) is 0 Å². The highest BCUT2D eigenvalue weighted by atomic mass is 19.4. The molecule has 1 aliphatic rings. The van der Waals surface area contributed by atoms with Crippen LogP contribution >= 0.6 is 0 Å². The van der Waals surface area contributed by atoms with Gasteiger partial charge in [0.25, 0.3) is 0 Å². The number of halogens is 3. The van der Waals surface area contributed by atoms with Gasteiger partial charge in [0.05, 0.1) is 25.2 Å². The second kappa shape index (κ2) is 12.7. The van der Waals surface area contributed by atoms with Crippen LogP contribution in [0.4, 0.5) is 13.2 Å². The van der Waals surface area contributed by atoms with Gasteiger partial charge in [0.2, 0.25) is 0 Å². The van der Waals surface area contributed by atoms with E-state index in [0.717, 1.165) is 6.08 Å². The smallest absolute Gasteiger partial charge is 0.392 e. The molecule has 1 N–H and O–H groups in total. The largest absolute Gasteiger partial charge is 0.461 e. The van der Waals surface area contributed by atoms with Gasteiger partial charge in [-0.15, -0.1) is 0 Å². The van der Waals surface area contributed by atoms with E-state index in [9.17, 15) is 27.9 Å². The van der Waals surface area contributed by atoms with Crippen molar-refractivity contribution in [2.24, 2.45) is 11.3 Å². The van der Waals surface area contributed by atoms with Gasteiger partial charge in [0.15, 0.2) is 5.78 Å². The summed E-state index contributed by atoms with van der Waals surface area (Å²) in [6.45, 7) is 7.08. The Labute approximate surface area is 187 Å². The molecule has 2 atom stereocenters. The lowest BCUT2D eigenvalue weighted by Crippen LogP contribution is -2.28. The first-order valence-corrected chi connectivity index (χ1v) is 10.6. The number of hydrogen-bond acceptors (Lipinski definition) is 5. The fourth-order valence-corrected chi connectivity index (χ4v) is 3.03. The summed E-state index contributed by atoms with van der Waals surface area (Å²) in [5.41, 5.74) is -0.263. The average Bonchev–Trinajstić information content (AvgIpc) is 2.99. The number of allylic oxidation sites excluding steroid dienone is 5. The van der Waals surface area contributed by atoms with Crippen LogP contribution < -0.4 is 0 Å². The zero-order valence-corrected chi connectivity index (χ0v) is 19.0. The Bertz CT molecular complexity index is 745. The van der Waals surface area contributed by atoms with Crippen molar-refractivity contribution in [2.45, 2.75) is 65.3 Å². The summed E-state index contributed by atoms with van der Waals surface area (Å²) in [7, 11) is 0. The van der Waals surface area contributed by atoms with E-state index in [1.165, 1.54) is 12.2 Å². The number of esters is 1. The molecule has 8 heteroatoms. The van der Waals surface area contributed by atoms with Gasteiger partial charge >= 0.3 is 12.1 Å². The minimum absolute atomic E-state index is 0.0512. The molecule has 0 aromatic rings. The molecule has 180 valence electrons. The monoisotopic (exact) mass is 458 g/mol. The molecule has 1 rings (SSSR count). The first-order chi connectivity index (χ1) is 14.8. The number of alkyl halides is 3. The predicted octanol–water partition coefficient (Wildman–Crippen LogP) is 4.87. The van der Waals surface area contributed by atoms with Crippen molar-refractivity contribution in [3.63, 3.8) is 0 Å². The van der Waals surface area contributed by atoms with Gasteiger partial charge in [-0.1, -0.05) is 50.3 Å². The van der Waals surface area contributed by atoms with E-state index < -0.39 is 30.1 Å². The molecule has 0 aromatic carbocycles. The third-order valence-corrected chi connectivity index (χ3v) is 4.78. The highest BCUT2D eigenvalue weighted by Gasteiger charge is 2.30. The minimum atomic E-state index is -4.27. The van der Waals surface area contributed by atoms with E-state index in [1.807, 2.05) is 6.08 Å². The number of hydrogen-bond donors (Lipinski definition) is 1. The quantitative estimate of drug-likeness (QED) is 0.196. The van der Waals surface area contributed by atoms with Crippen LogP contribution in [0, 0.1) is 11.3 Å². The predicted molar refractivity (Wildman–Crippen MR) is 116 cm³/mol. The van der Waals surface area contributed by atoms with Crippen molar-refractivity contribution in [2.75, 3.05) is 13.2 Å². The normalized spacial score (nSPS) is 19.7. The molecule has 0 aliphatic heterocycles. The molecule has 0 amide bonds. The molecule has 0 unspecified atom stereocenters. The average molecular weight is 459 g/mol. The topological polar surface area (TPSA) is 72.8 Å². The molecule has 0 aromatic heterocycles. The van der Waals surface area contributed by atoms with Gasteiger partial charge in [-0.05, 0) is 32.8 Å². The van der Waals surface area contributed by atoms with E-state index in [-0.39, 0.29) is 37.4 Å². The number of aliphatic hydroxyl groups is 1. The number of aliphatic hydroxyl groups excluding tert-OH is 1. The second-order valence-corrected chi connectivity index (χ2v) is 8.55. The van der Waals surface area contributed by atoms with E-state index in [1.54, 1.807) is 45.9 Å². The zero-order valence-electron chi connectivity index (χ0n) is 19.0. The van der Waals surface area contributed by atoms with Gasteiger partial charge in [0, 0.05) is 16.9 Å². The Balaban J connectivity index is 2.59. The molecular weight excluding hydrogens is 425 g/mol. The standard InChI is InChI=1S/C24H33F3O5/c1-17(2)32-22(30)16-31-14-8-6-9-18-11-12-20(28)19(18)15-23(3,4)21(29)10-5-7-13-24(25,26)27/h5-8,11-12,15,17-18,21,29H,9-10,13-14,16H2,1-4H3/b7-5-,8-6-,19-15+/t18-,21-/m0/s1. The van der Waals surface area contributed by atoms with E-state index in [2.05, 4.69) is 0 Å². The molecule has 0 bridgehead atoms. The van der Waals surface area contributed by atoms with Crippen LogP contribution in [0.2, 0.25) is 0 Å². The number of carbonyl (C=O) groups excluding carboxylic acids is 2. The lowest BCUT2D eigenvalue weighted by Gasteiger charge is -2.28. The molecule has 0 heterocycles. The second-order valence-electron chi connectivity index (χ2n) is 8.55. The molecular formula is C24H33F3O5. The van der Waals surface area contributed by atoms with Gasteiger partial charge in [-0.25, -0.2) is 4.79 Å². The van der Waals surface area contributed by atoms with E-state index in [4.69, 9.17) is 9.47 Å². The maximum Gasteiger partial charge on any atom is 0.392 e. The van der Waals surface area contributed by atoms with Crippen LogP contribution in [0.3, 0.4) is 0 Å². The zero-order chi connectivity index (χ0) is 24.4. The van der Waals surface area contributed by atoms with Crippen molar-refractivity contribution >= 4 is 11.8 Å². The van der Waals surface area contributed by atoms with Crippen LogP contribution in [0.25, 0.3) is 0 Å². The Hall–Kier alpha value is -2.19. The van der Waals surface area contributed by atoms with Crippen LogP contribution in [-0.2, 0) is 19.1 Å². The van der Waals surface area contributed by atoms with Crippen molar-refractivity contribution in [3.8, 4) is 0 Å². The van der Waals surface area contributed by atoms with E-state index in [0.29, 0.717) is 12.0 Å². The summed E-state index contributed by atoms with van der Waals surface area (Å²) >= 11 is 0. The highest BCUT2D eigenvalue weighted by molar-refractivity contribution is 6.07. The number of carbonyl (C=O) groups is 2. The molecule has 32 heavy (non-hydrogen) atoms. The van der Waals surface area contributed by atoms with Gasteiger partial charge in [0.1, 0.15) is 6.61 Å². The Kier molecular flexibility index (Phi) is 11.1. The number of ether oxygens (including phenoxy) is 2. The highest BCUT2D eigenvalue weighted by Crippen LogP contribution is 2.33. The van der Waals surface area contributed by atoms with Crippen molar-refractivity contribution in [1.29, 1.82) is 0 Å². The van der Waals surface area contributed by atoms with Crippen molar-refractivity contribution < 1.29 is 37.3 Å². The Morgan fingerprint density at radius 3 is 2.50 bits per heavy atom. The summed E-state index contributed by atoms with van der Waals surface area (Å²) in [5.74, 6) is -0.752. The molecule has 0 fully saturated rings. The minimum Gasteiger partial charge on any atom is -0.461 e. The first kappa shape index (κ1) is 27.8. The first-order valence-electron chi connectivity index (χ1n) is 10.6. The molecule has 0 saturated carbocycles. The van der Waals surface area contributed by atoms with Gasteiger partial charge < -0.3 is 14.6 Å². The van der Waals surface area contributed by atoms with Gasteiger partial charge in [-0.2, -0.15) is 13.2 Å². The summed E-state index contributed by atoms with van der Waals surface area (Å²) in [4.78, 5) is 23.7. The molecule has 0 radical (unpaired) electrons. The summed E-state index contributed by atoms with van der Waals surface area (Å²) < 4.78 is 46.8. The molecule has 1 aliphatic carbocycles. The number of ketones is 1. The summed E-state index contributed by atoms with van der Waals surface area (Å²) in [5, 5.41) is 10.4. The molecule has 0 spiro atoms. The third kappa shape index (κ3) is 10.9. The lowest BCUT2D eigenvalue weighted by molar-refractivity contribution is -0.152. The SMILES string of the molecule is CC(C)OC(=O)COC/C=C\C[C@H]1C=CC(=O)/C1=C/C(C)(C)[C@@H](O)C/C=C\CC(F)(F)F. The summed E-state index contributed by atoms with van der Waals surface area (Å²) in [6.07, 6.45) is 5.00. The van der Waals surface area contributed by atoms with Gasteiger partial charge in [-0.3, -0.25) is 4.79 Å². The van der Waals surface area contributed by atoms with Crippen LogP contribution in [-0.4, -0.2) is 48.5 Å². The van der Waals surface area contributed by atoms with Crippen LogP contribution in [0.15, 0.2) is 48.1 Å². The fourth-order valence-electron chi connectivity index (χ4n) is 3.03. The maximum atomic E-state index is 12.3.